The van der Waals surface area contributed by atoms with Crippen LogP contribution in [-0.2, 0) is 10.5 Å². The van der Waals surface area contributed by atoms with E-state index in [0.717, 1.165) is 5.56 Å². The van der Waals surface area contributed by atoms with Crippen LogP contribution in [0.15, 0.2) is 34.9 Å². The van der Waals surface area contributed by atoms with E-state index >= 15 is 0 Å². The fraction of sp³-hybridized carbons (Fsp3) is 0.267. The van der Waals surface area contributed by atoms with E-state index in [2.05, 4.69) is 16.5 Å². The van der Waals surface area contributed by atoms with E-state index < -0.39 is 0 Å². The number of hydrogen-bond donors (Lipinski definition) is 1. The molecule has 1 amide bonds. The summed E-state index contributed by atoms with van der Waals surface area (Å²) in [4.78, 5) is 12.0. The number of nitrogens with one attached hydrogen (secondary N) is 1. The molecular formula is C15H15N3O2S. The van der Waals surface area contributed by atoms with Crippen LogP contribution in [0.1, 0.15) is 23.8 Å². The van der Waals surface area contributed by atoms with E-state index in [4.69, 9.17) is 9.78 Å². The minimum Gasteiger partial charge on any atom is -0.360 e. The van der Waals surface area contributed by atoms with Gasteiger partial charge in [-0.2, -0.15) is 5.26 Å². The average molecular weight is 301 g/mol. The molecule has 0 radical (unpaired) electrons. The third-order valence-corrected chi connectivity index (χ3v) is 4.02. The molecule has 0 aliphatic heterocycles. The van der Waals surface area contributed by atoms with Gasteiger partial charge in [0.15, 0.2) is 5.82 Å². The molecule has 21 heavy (non-hydrogen) atoms. The zero-order valence-electron chi connectivity index (χ0n) is 11.8. The number of nitrogens with zero attached hydrogens (tertiary/aromatic N) is 2. The number of thioether (sulfide) groups is 1. The Hall–Kier alpha value is -2.26. The molecule has 1 aromatic heterocycles. The third-order valence-electron chi connectivity index (χ3n) is 2.80. The summed E-state index contributed by atoms with van der Waals surface area (Å²) >= 11 is 1.50. The monoisotopic (exact) mass is 301 g/mol. The molecule has 0 saturated carbocycles. The zero-order valence-corrected chi connectivity index (χ0v) is 12.6. The molecule has 1 atom stereocenters. The molecule has 2 rings (SSSR count). The van der Waals surface area contributed by atoms with E-state index in [-0.39, 0.29) is 11.2 Å². The van der Waals surface area contributed by atoms with Gasteiger partial charge < -0.3 is 9.84 Å². The molecular weight excluding hydrogens is 286 g/mol. The molecule has 1 heterocycles. The van der Waals surface area contributed by atoms with Crippen molar-refractivity contribution in [3.8, 4) is 6.07 Å². The second-order valence-corrected chi connectivity index (χ2v) is 5.91. The maximum atomic E-state index is 12.0. The van der Waals surface area contributed by atoms with Crippen molar-refractivity contribution in [2.24, 2.45) is 0 Å². The lowest BCUT2D eigenvalue weighted by Crippen LogP contribution is -2.22. The lowest BCUT2D eigenvalue weighted by Gasteiger charge is -2.10. The van der Waals surface area contributed by atoms with Crippen LogP contribution in [0, 0.1) is 18.3 Å². The molecule has 0 saturated heterocycles. The first kappa shape index (κ1) is 15.1. The Bertz CT molecular complexity index is 676. The largest absolute Gasteiger partial charge is 0.360 e. The standard InChI is InChI=1S/C15H15N3O2S/c1-10-6-14(18-20-10)17-15(19)11(2)21-9-13-5-3-4-12(7-13)8-16/h3-7,11H,9H2,1-2H3,(H,17,18,19)/t11-/m1/s1. The molecule has 0 fully saturated rings. The number of rotatable bonds is 5. The van der Waals surface area contributed by atoms with E-state index in [9.17, 15) is 4.79 Å². The Kier molecular flexibility index (Phi) is 5.01. The number of carbonyl (C=O) groups is 1. The third kappa shape index (κ3) is 4.36. The summed E-state index contributed by atoms with van der Waals surface area (Å²) in [6.45, 7) is 3.60. The normalized spacial score (nSPS) is 11.7. The van der Waals surface area contributed by atoms with Crippen molar-refractivity contribution in [2.75, 3.05) is 5.32 Å². The molecule has 108 valence electrons. The summed E-state index contributed by atoms with van der Waals surface area (Å²) in [5, 5.41) is 15.1. The minimum absolute atomic E-state index is 0.121. The molecule has 0 unspecified atom stereocenters. The maximum absolute atomic E-state index is 12.0. The lowest BCUT2D eigenvalue weighted by molar-refractivity contribution is -0.115. The van der Waals surface area contributed by atoms with Crippen LogP contribution >= 0.6 is 11.8 Å². The quantitative estimate of drug-likeness (QED) is 0.918. The van der Waals surface area contributed by atoms with Crippen LogP contribution in [0.2, 0.25) is 0 Å². The summed E-state index contributed by atoms with van der Waals surface area (Å²) < 4.78 is 4.90. The van der Waals surface area contributed by atoms with E-state index in [1.54, 1.807) is 19.1 Å². The van der Waals surface area contributed by atoms with Crippen molar-refractivity contribution in [1.29, 1.82) is 5.26 Å². The summed E-state index contributed by atoms with van der Waals surface area (Å²) in [5.41, 5.74) is 1.65. The van der Waals surface area contributed by atoms with Gasteiger partial charge in [0, 0.05) is 11.8 Å². The first-order valence-electron chi connectivity index (χ1n) is 6.43. The van der Waals surface area contributed by atoms with Crippen LogP contribution in [0.25, 0.3) is 0 Å². The Balaban J connectivity index is 1.87. The summed E-state index contributed by atoms with van der Waals surface area (Å²) in [6, 6.07) is 11.2. The molecule has 0 spiro atoms. The van der Waals surface area contributed by atoms with Gasteiger partial charge in [-0.1, -0.05) is 17.3 Å². The fourth-order valence-electron chi connectivity index (χ4n) is 1.68. The first-order valence-corrected chi connectivity index (χ1v) is 7.48. The second-order valence-electron chi connectivity index (χ2n) is 4.58. The van der Waals surface area contributed by atoms with Crippen LogP contribution in [0.5, 0.6) is 0 Å². The molecule has 2 aromatic rings. The number of amides is 1. The lowest BCUT2D eigenvalue weighted by atomic mass is 10.2. The van der Waals surface area contributed by atoms with Gasteiger partial charge in [-0.15, -0.1) is 11.8 Å². The molecule has 6 heteroatoms. The topological polar surface area (TPSA) is 78.9 Å². The van der Waals surface area contributed by atoms with Gasteiger partial charge in [0.25, 0.3) is 0 Å². The molecule has 0 aliphatic carbocycles. The van der Waals surface area contributed by atoms with Gasteiger partial charge in [0.1, 0.15) is 5.76 Å². The maximum Gasteiger partial charge on any atom is 0.238 e. The Labute approximate surface area is 127 Å². The number of carbonyl (C=O) groups excluding carboxylic acids is 1. The molecule has 1 aromatic carbocycles. The van der Waals surface area contributed by atoms with Crippen molar-refractivity contribution < 1.29 is 9.32 Å². The molecule has 5 nitrogen and oxygen atoms in total. The highest BCUT2D eigenvalue weighted by Gasteiger charge is 2.15. The predicted molar refractivity (Wildman–Crippen MR) is 81.8 cm³/mol. The van der Waals surface area contributed by atoms with Gasteiger partial charge >= 0.3 is 0 Å². The van der Waals surface area contributed by atoms with Gasteiger partial charge in [-0.05, 0) is 31.5 Å². The Morgan fingerprint density at radius 3 is 3.00 bits per heavy atom. The average Bonchev–Trinajstić information content (AvgIpc) is 2.90. The summed E-state index contributed by atoms with van der Waals surface area (Å²) in [7, 11) is 0. The van der Waals surface area contributed by atoms with Crippen LogP contribution < -0.4 is 5.32 Å². The van der Waals surface area contributed by atoms with Crippen molar-refractivity contribution in [3.63, 3.8) is 0 Å². The van der Waals surface area contributed by atoms with Gasteiger partial charge in [0.05, 0.1) is 16.9 Å². The van der Waals surface area contributed by atoms with Crippen molar-refractivity contribution in [2.45, 2.75) is 24.9 Å². The number of aromatic nitrogens is 1. The van der Waals surface area contributed by atoms with Crippen LogP contribution in [0.3, 0.4) is 0 Å². The van der Waals surface area contributed by atoms with Crippen molar-refractivity contribution >= 4 is 23.5 Å². The van der Waals surface area contributed by atoms with E-state index in [1.807, 2.05) is 25.1 Å². The second kappa shape index (κ2) is 6.95. The number of benzene rings is 1. The van der Waals surface area contributed by atoms with Gasteiger partial charge in [-0.25, -0.2) is 0 Å². The van der Waals surface area contributed by atoms with Crippen LogP contribution in [-0.4, -0.2) is 16.3 Å². The minimum atomic E-state index is -0.229. The summed E-state index contributed by atoms with van der Waals surface area (Å²) in [6.07, 6.45) is 0. The zero-order chi connectivity index (χ0) is 15.2. The number of anilines is 1. The highest BCUT2D eigenvalue weighted by Crippen LogP contribution is 2.20. The Morgan fingerprint density at radius 1 is 1.52 bits per heavy atom. The smallest absolute Gasteiger partial charge is 0.238 e. The SMILES string of the molecule is Cc1cc(NC(=O)[C@@H](C)SCc2cccc(C#N)c2)no1. The molecule has 0 bridgehead atoms. The van der Waals surface area contributed by atoms with Gasteiger partial charge in [-0.3, -0.25) is 4.79 Å². The summed E-state index contributed by atoms with van der Waals surface area (Å²) in [5.74, 6) is 1.63. The van der Waals surface area contributed by atoms with E-state index in [0.29, 0.717) is 22.9 Å². The van der Waals surface area contributed by atoms with Crippen LogP contribution in [0.4, 0.5) is 5.82 Å². The van der Waals surface area contributed by atoms with Gasteiger partial charge in [0.2, 0.25) is 5.91 Å². The highest BCUT2D eigenvalue weighted by molar-refractivity contribution is 7.99. The van der Waals surface area contributed by atoms with E-state index in [1.165, 1.54) is 11.8 Å². The molecule has 1 N–H and O–H groups in total. The predicted octanol–water partition coefficient (Wildman–Crippen LogP) is 3.12. The fourth-order valence-corrected chi connectivity index (χ4v) is 2.51. The Morgan fingerprint density at radius 2 is 2.33 bits per heavy atom. The highest BCUT2D eigenvalue weighted by atomic mass is 32.2. The number of aryl methyl sites for hydroxylation is 1. The molecule has 0 aliphatic rings. The van der Waals surface area contributed by atoms with Crippen molar-refractivity contribution in [1.82, 2.24) is 5.16 Å². The first-order chi connectivity index (χ1) is 10.1. The number of nitriles is 1. The van der Waals surface area contributed by atoms with Crippen molar-refractivity contribution in [3.05, 3.63) is 47.2 Å². The number of hydrogen-bond acceptors (Lipinski definition) is 5.